The maximum Gasteiger partial charge on any atom is 0.343 e. The van der Waals surface area contributed by atoms with Gasteiger partial charge in [0.2, 0.25) is 6.10 Å². The Morgan fingerprint density at radius 2 is 1.33 bits per heavy atom. The molecule has 1 N–H and O–H groups in total. The molecule has 0 heterocycles. The van der Waals surface area contributed by atoms with E-state index in [1.807, 2.05) is 38.1 Å². The lowest BCUT2D eigenvalue weighted by Crippen LogP contribution is -2.26. The third-order valence-electron chi connectivity index (χ3n) is 4.98. The van der Waals surface area contributed by atoms with Gasteiger partial charge in [0, 0.05) is 23.4 Å². The number of benzene rings is 3. The molecule has 0 aliphatic carbocycles. The number of methoxy groups -OCH3 is 3. The van der Waals surface area contributed by atoms with Gasteiger partial charge >= 0.3 is 5.97 Å². The lowest BCUT2D eigenvalue weighted by Gasteiger charge is -2.20. The molecule has 33 heavy (non-hydrogen) atoms. The first-order valence-corrected chi connectivity index (χ1v) is 10.3. The summed E-state index contributed by atoms with van der Waals surface area (Å²) < 4.78 is 21.6. The van der Waals surface area contributed by atoms with Crippen molar-refractivity contribution in [2.45, 2.75) is 20.0 Å². The van der Waals surface area contributed by atoms with E-state index >= 15 is 0 Å². The molecule has 1 atom stereocenters. The second-order valence-electron chi connectivity index (χ2n) is 7.47. The molecule has 172 valence electrons. The minimum atomic E-state index is -1.18. The van der Waals surface area contributed by atoms with Crippen LogP contribution in [0.3, 0.4) is 0 Å². The fourth-order valence-electron chi connectivity index (χ4n) is 3.51. The van der Waals surface area contributed by atoms with Crippen molar-refractivity contribution in [3.8, 4) is 17.2 Å². The van der Waals surface area contributed by atoms with E-state index in [-0.39, 0.29) is 11.3 Å². The lowest BCUT2D eigenvalue weighted by molar-refractivity contribution is -0.125. The van der Waals surface area contributed by atoms with Crippen LogP contribution in [0.4, 0.5) is 5.69 Å². The second kappa shape index (κ2) is 10.5. The summed E-state index contributed by atoms with van der Waals surface area (Å²) in [7, 11) is 4.38. The van der Waals surface area contributed by atoms with E-state index in [0.29, 0.717) is 22.7 Å². The molecule has 0 saturated heterocycles. The number of esters is 1. The van der Waals surface area contributed by atoms with E-state index < -0.39 is 18.0 Å². The van der Waals surface area contributed by atoms with Gasteiger partial charge in [-0.25, -0.2) is 4.79 Å². The Hall–Kier alpha value is -4.00. The predicted octanol–water partition coefficient (Wildman–Crippen LogP) is 4.87. The second-order valence-corrected chi connectivity index (χ2v) is 7.47. The van der Waals surface area contributed by atoms with Gasteiger partial charge in [-0.2, -0.15) is 0 Å². The molecule has 3 aromatic carbocycles. The standard InChI is InChI=1S/C26H27NO6/c1-16-11-17(2)13-19(12-16)27-25(28)24(18-9-7-6-8-10-18)33-26(29)20-14-22(31-4)23(32-5)15-21(20)30-3/h6-15,24H,1-5H3,(H,27,28)/t24-/m1/s1. The fourth-order valence-corrected chi connectivity index (χ4v) is 3.51. The zero-order chi connectivity index (χ0) is 24.0. The maximum atomic E-state index is 13.2. The fraction of sp³-hybridized carbons (Fsp3) is 0.231. The molecule has 0 unspecified atom stereocenters. The van der Waals surface area contributed by atoms with Gasteiger partial charge < -0.3 is 24.3 Å². The van der Waals surface area contributed by atoms with Crippen LogP contribution in [-0.4, -0.2) is 33.2 Å². The summed E-state index contributed by atoms with van der Waals surface area (Å²) >= 11 is 0. The zero-order valence-electron chi connectivity index (χ0n) is 19.3. The molecule has 3 aromatic rings. The Bertz CT molecular complexity index is 1120. The lowest BCUT2D eigenvalue weighted by atomic mass is 10.1. The summed E-state index contributed by atoms with van der Waals surface area (Å²) in [5, 5.41) is 2.86. The highest BCUT2D eigenvalue weighted by Gasteiger charge is 2.28. The van der Waals surface area contributed by atoms with Crippen molar-refractivity contribution >= 4 is 17.6 Å². The molecule has 0 aliphatic rings. The van der Waals surface area contributed by atoms with E-state index in [1.165, 1.54) is 33.5 Å². The first-order valence-electron chi connectivity index (χ1n) is 10.3. The Morgan fingerprint density at radius 3 is 1.91 bits per heavy atom. The van der Waals surface area contributed by atoms with E-state index in [4.69, 9.17) is 18.9 Å². The van der Waals surface area contributed by atoms with E-state index in [0.717, 1.165) is 11.1 Å². The van der Waals surface area contributed by atoms with E-state index in [1.54, 1.807) is 24.3 Å². The number of rotatable bonds is 8. The van der Waals surface area contributed by atoms with Crippen LogP contribution in [0.5, 0.6) is 17.2 Å². The van der Waals surface area contributed by atoms with Gasteiger partial charge in [-0.15, -0.1) is 0 Å². The highest BCUT2D eigenvalue weighted by Crippen LogP contribution is 2.36. The molecular weight excluding hydrogens is 422 g/mol. The predicted molar refractivity (Wildman–Crippen MR) is 125 cm³/mol. The van der Waals surface area contributed by atoms with Crippen molar-refractivity contribution in [3.63, 3.8) is 0 Å². The number of carbonyl (C=O) groups excluding carboxylic acids is 2. The van der Waals surface area contributed by atoms with Gasteiger partial charge in [0.05, 0.1) is 21.3 Å². The number of aryl methyl sites for hydroxylation is 2. The molecule has 7 nitrogen and oxygen atoms in total. The normalized spacial score (nSPS) is 11.3. The SMILES string of the molecule is COc1cc(OC)c(C(=O)O[C@@H](C(=O)Nc2cc(C)cc(C)c2)c2ccccc2)cc1OC. The average molecular weight is 450 g/mol. The zero-order valence-corrected chi connectivity index (χ0v) is 19.3. The number of ether oxygens (including phenoxy) is 4. The Balaban J connectivity index is 1.94. The van der Waals surface area contributed by atoms with E-state index in [9.17, 15) is 9.59 Å². The van der Waals surface area contributed by atoms with Crippen LogP contribution in [0.2, 0.25) is 0 Å². The van der Waals surface area contributed by atoms with Gasteiger partial charge in [-0.1, -0.05) is 36.4 Å². The number of nitrogens with one attached hydrogen (secondary N) is 1. The number of hydrogen-bond donors (Lipinski definition) is 1. The molecule has 0 fully saturated rings. The first kappa shape index (κ1) is 23.7. The summed E-state index contributed by atoms with van der Waals surface area (Å²) in [4.78, 5) is 26.4. The third kappa shape index (κ3) is 5.63. The highest BCUT2D eigenvalue weighted by molar-refractivity contribution is 5.99. The van der Waals surface area contributed by atoms with Crippen LogP contribution in [-0.2, 0) is 9.53 Å². The van der Waals surface area contributed by atoms with Crippen molar-refractivity contribution in [2.75, 3.05) is 26.6 Å². The van der Waals surface area contributed by atoms with Gasteiger partial charge in [0.15, 0.2) is 11.5 Å². The smallest absolute Gasteiger partial charge is 0.343 e. The van der Waals surface area contributed by atoms with Crippen molar-refractivity contribution in [3.05, 3.63) is 82.9 Å². The largest absolute Gasteiger partial charge is 0.496 e. The minimum absolute atomic E-state index is 0.107. The van der Waals surface area contributed by atoms with Gasteiger partial charge in [0.25, 0.3) is 5.91 Å². The maximum absolute atomic E-state index is 13.2. The molecule has 3 rings (SSSR count). The van der Waals surface area contributed by atoms with Gasteiger partial charge in [-0.05, 0) is 37.1 Å². The minimum Gasteiger partial charge on any atom is -0.496 e. The van der Waals surface area contributed by atoms with Crippen LogP contribution in [0.25, 0.3) is 0 Å². The summed E-state index contributed by atoms with van der Waals surface area (Å²) in [5.41, 5.74) is 3.28. The Morgan fingerprint density at radius 1 is 0.758 bits per heavy atom. The Kier molecular flexibility index (Phi) is 7.56. The monoisotopic (exact) mass is 449 g/mol. The van der Waals surface area contributed by atoms with Crippen LogP contribution in [0, 0.1) is 13.8 Å². The van der Waals surface area contributed by atoms with Crippen LogP contribution in [0.15, 0.2) is 60.7 Å². The van der Waals surface area contributed by atoms with Crippen molar-refractivity contribution in [1.29, 1.82) is 0 Å². The number of carbonyl (C=O) groups is 2. The number of amides is 1. The van der Waals surface area contributed by atoms with Crippen molar-refractivity contribution in [1.82, 2.24) is 0 Å². The number of hydrogen-bond acceptors (Lipinski definition) is 6. The third-order valence-corrected chi connectivity index (χ3v) is 4.98. The van der Waals surface area contributed by atoms with Crippen LogP contribution >= 0.6 is 0 Å². The quantitative estimate of drug-likeness (QED) is 0.494. The molecule has 0 aromatic heterocycles. The molecule has 0 spiro atoms. The van der Waals surface area contributed by atoms with Crippen LogP contribution in [0.1, 0.15) is 33.2 Å². The van der Waals surface area contributed by atoms with Crippen molar-refractivity contribution in [2.24, 2.45) is 0 Å². The number of anilines is 1. The average Bonchev–Trinajstić information content (AvgIpc) is 2.81. The molecule has 0 saturated carbocycles. The van der Waals surface area contributed by atoms with Crippen molar-refractivity contribution < 1.29 is 28.5 Å². The molecule has 0 radical (unpaired) electrons. The summed E-state index contributed by atoms with van der Waals surface area (Å²) in [6.45, 7) is 3.89. The highest BCUT2D eigenvalue weighted by atomic mass is 16.6. The van der Waals surface area contributed by atoms with Crippen LogP contribution < -0.4 is 19.5 Å². The topological polar surface area (TPSA) is 83.1 Å². The van der Waals surface area contributed by atoms with Gasteiger partial charge in [0.1, 0.15) is 11.3 Å². The molecule has 7 heteroatoms. The Labute approximate surface area is 193 Å². The first-order chi connectivity index (χ1) is 15.9. The summed E-state index contributed by atoms with van der Waals surface area (Å²) in [6.07, 6.45) is -1.18. The van der Waals surface area contributed by atoms with E-state index in [2.05, 4.69) is 5.32 Å². The molecule has 0 bridgehead atoms. The molecule has 0 aliphatic heterocycles. The molecular formula is C26H27NO6. The van der Waals surface area contributed by atoms with Gasteiger partial charge in [-0.3, -0.25) is 4.79 Å². The summed E-state index contributed by atoms with van der Waals surface area (Å²) in [5.74, 6) is -0.241. The molecule has 1 amide bonds. The summed E-state index contributed by atoms with van der Waals surface area (Å²) in [6, 6.07) is 17.5.